The van der Waals surface area contributed by atoms with E-state index in [-0.39, 0.29) is 13.2 Å². The molecule has 0 bridgehead atoms. The lowest BCUT2D eigenvalue weighted by molar-refractivity contribution is 0.326. The Hall–Kier alpha value is -2.06. The van der Waals surface area contributed by atoms with Crippen LogP contribution in [-0.4, -0.2) is 32.8 Å². The van der Waals surface area contributed by atoms with Crippen molar-refractivity contribution in [1.82, 2.24) is 9.71 Å². The molecule has 0 unspecified atom stereocenters. The first-order valence-corrected chi connectivity index (χ1v) is 11.5. The van der Waals surface area contributed by atoms with Crippen molar-refractivity contribution >= 4 is 49.8 Å². The Morgan fingerprint density at radius 3 is 2.66 bits per heavy atom. The predicted molar refractivity (Wildman–Crippen MR) is 119 cm³/mol. The fourth-order valence-electron chi connectivity index (χ4n) is 2.86. The Labute approximate surface area is 180 Å². The lowest BCUT2D eigenvalue weighted by Crippen LogP contribution is -2.26. The summed E-state index contributed by atoms with van der Waals surface area (Å²) in [7, 11) is -3.25. The predicted octanol–water partition coefficient (Wildman–Crippen LogP) is 4.39. The number of benzene rings is 2. The van der Waals surface area contributed by atoms with Crippen LogP contribution in [0, 0.1) is 6.92 Å². The lowest BCUT2D eigenvalue weighted by atomic mass is 10.1. The van der Waals surface area contributed by atoms with E-state index in [2.05, 4.69) is 15.0 Å². The molecule has 0 saturated heterocycles. The first-order valence-electron chi connectivity index (χ1n) is 8.88. The largest absolute Gasteiger partial charge is 0.490 e. The molecule has 9 heteroatoms. The summed E-state index contributed by atoms with van der Waals surface area (Å²) in [5, 5.41) is 5.50. The smallest absolute Gasteiger partial charge is 0.208 e. The molecule has 0 saturated carbocycles. The number of aromatic nitrogens is 1. The number of fused-ring (bicyclic) bond motifs is 1. The fourth-order valence-corrected chi connectivity index (χ4v) is 3.79. The number of ether oxygens (including phenoxy) is 1. The molecule has 154 valence electrons. The van der Waals surface area contributed by atoms with E-state index in [4.69, 9.17) is 27.9 Å². The number of aryl methyl sites for hydroxylation is 1. The third-order valence-electron chi connectivity index (χ3n) is 4.14. The summed E-state index contributed by atoms with van der Waals surface area (Å²) in [6.07, 6.45) is 1.11. The minimum atomic E-state index is -3.25. The van der Waals surface area contributed by atoms with Crippen LogP contribution in [0.1, 0.15) is 11.3 Å². The van der Waals surface area contributed by atoms with Crippen molar-refractivity contribution < 1.29 is 13.2 Å². The number of halogens is 2. The standard InChI is InChI=1S/C20H21Cl2N3O3S/c1-13-10-18(23-12-14-6-7-15(21)11-17(14)22)16-4-3-5-19(20(16)25-13)28-9-8-24-29(2,26)27/h3-7,10-11,24H,8-9,12H2,1-2H3,(H,23,25). The van der Waals surface area contributed by atoms with E-state index < -0.39 is 10.0 Å². The Bertz CT molecular complexity index is 1140. The van der Waals surface area contributed by atoms with Gasteiger partial charge in [-0.1, -0.05) is 41.4 Å². The number of nitrogens with zero attached hydrogens (tertiary/aromatic N) is 1. The van der Waals surface area contributed by atoms with E-state index in [0.29, 0.717) is 27.9 Å². The molecule has 3 aromatic rings. The molecule has 3 rings (SSSR count). The summed E-state index contributed by atoms with van der Waals surface area (Å²) in [5.74, 6) is 0.592. The normalized spacial score (nSPS) is 11.6. The molecule has 0 amide bonds. The molecule has 6 nitrogen and oxygen atoms in total. The van der Waals surface area contributed by atoms with Gasteiger partial charge in [0.1, 0.15) is 17.9 Å². The lowest BCUT2D eigenvalue weighted by Gasteiger charge is -2.14. The van der Waals surface area contributed by atoms with Gasteiger partial charge in [-0.3, -0.25) is 0 Å². The Morgan fingerprint density at radius 1 is 1.14 bits per heavy atom. The minimum absolute atomic E-state index is 0.182. The second-order valence-corrected chi connectivity index (χ2v) is 9.24. The van der Waals surface area contributed by atoms with Gasteiger partial charge in [0.25, 0.3) is 0 Å². The average Bonchev–Trinajstić information content (AvgIpc) is 2.63. The zero-order valence-electron chi connectivity index (χ0n) is 16.0. The van der Waals surface area contributed by atoms with Gasteiger partial charge >= 0.3 is 0 Å². The maximum atomic E-state index is 11.2. The number of hydrogen-bond donors (Lipinski definition) is 2. The van der Waals surface area contributed by atoms with Crippen molar-refractivity contribution in [1.29, 1.82) is 0 Å². The molecule has 0 radical (unpaired) electrons. The van der Waals surface area contributed by atoms with Crippen molar-refractivity contribution in [2.45, 2.75) is 13.5 Å². The molecule has 0 atom stereocenters. The number of hydrogen-bond acceptors (Lipinski definition) is 5. The summed E-state index contributed by atoms with van der Waals surface area (Å²) in [6, 6.07) is 13.0. The number of anilines is 1. The highest BCUT2D eigenvalue weighted by Gasteiger charge is 2.10. The number of pyridine rings is 1. The average molecular weight is 454 g/mol. The van der Waals surface area contributed by atoms with Gasteiger partial charge in [-0.2, -0.15) is 0 Å². The van der Waals surface area contributed by atoms with Gasteiger partial charge in [0.05, 0.1) is 6.26 Å². The zero-order valence-corrected chi connectivity index (χ0v) is 18.3. The van der Waals surface area contributed by atoms with Crippen LogP contribution in [0.15, 0.2) is 42.5 Å². The Balaban J connectivity index is 1.81. The first kappa shape index (κ1) is 21.6. The van der Waals surface area contributed by atoms with Gasteiger partial charge in [-0.15, -0.1) is 0 Å². The minimum Gasteiger partial charge on any atom is -0.490 e. The van der Waals surface area contributed by atoms with Crippen LogP contribution < -0.4 is 14.8 Å². The van der Waals surface area contributed by atoms with Crippen LogP contribution >= 0.6 is 23.2 Å². The molecule has 0 spiro atoms. The molecular formula is C20H21Cl2N3O3S. The van der Waals surface area contributed by atoms with E-state index >= 15 is 0 Å². The van der Waals surface area contributed by atoms with Crippen molar-refractivity contribution in [3.05, 3.63) is 63.8 Å². The molecule has 0 fully saturated rings. The third kappa shape index (κ3) is 5.96. The van der Waals surface area contributed by atoms with E-state index in [0.717, 1.165) is 28.6 Å². The van der Waals surface area contributed by atoms with E-state index in [1.807, 2.05) is 37.3 Å². The molecule has 29 heavy (non-hydrogen) atoms. The number of para-hydroxylation sites is 1. The van der Waals surface area contributed by atoms with Crippen molar-refractivity contribution in [2.75, 3.05) is 24.7 Å². The van der Waals surface area contributed by atoms with Gasteiger partial charge in [-0.05, 0) is 36.8 Å². The van der Waals surface area contributed by atoms with Gasteiger partial charge in [0.2, 0.25) is 10.0 Å². The number of nitrogens with one attached hydrogen (secondary N) is 2. The Morgan fingerprint density at radius 2 is 1.93 bits per heavy atom. The molecule has 0 aliphatic rings. The maximum absolute atomic E-state index is 11.2. The second kappa shape index (κ2) is 9.17. The van der Waals surface area contributed by atoms with Crippen molar-refractivity contribution in [2.24, 2.45) is 0 Å². The highest BCUT2D eigenvalue weighted by Crippen LogP contribution is 2.31. The summed E-state index contributed by atoms with van der Waals surface area (Å²) in [5.41, 5.74) is 3.36. The molecule has 2 aromatic carbocycles. The Kier molecular flexibility index (Phi) is 6.85. The van der Waals surface area contributed by atoms with Crippen LogP contribution in [0.4, 0.5) is 5.69 Å². The van der Waals surface area contributed by atoms with Gasteiger partial charge in [0.15, 0.2) is 0 Å². The quantitative estimate of drug-likeness (QED) is 0.494. The van der Waals surface area contributed by atoms with Crippen LogP contribution in [0.3, 0.4) is 0 Å². The summed E-state index contributed by atoms with van der Waals surface area (Å²) in [4.78, 5) is 4.60. The van der Waals surface area contributed by atoms with Crippen LogP contribution in [0.2, 0.25) is 10.0 Å². The molecular weight excluding hydrogens is 433 g/mol. The van der Waals surface area contributed by atoms with Crippen LogP contribution in [0.5, 0.6) is 5.75 Å². The summed E-state index contributed by atoms with van der Waals surface area (Å²) in [6.45, 7) is 2.81. The van der Waals surface area contributed by atoms with E-state index in [9.17, 15) is 8.42 Å². The van der Waals surface area contributed by atoms with Gasteiger partial charge in [0, 0.05) is 39.9 Å². The summed E-state index contributed by atoms with van der Waals surface area (Å²) < 4.78 is 30.5. The topological polar surface area (TPSA) is 80.3 Å². The fraction of sp³-hybridized carbons (Fsp3) is 0.250. The SMILES string of the molecule is Cc1cc(NCc2ccc(Cl)cc2Cl)c2cccc(OCCNS(C)(=O)=O)c2n1. The molecule has 0 aliphatic carbocycles. The van der Waals surface area contributed by atoms with Gasteiger partial charge < -0.3 is 10.1 Å². The second-order valence-electron chi connectivity index (χ2n) is 6.57. The molecule has 1 heterocycles. The van der Waals surface area contributed by atoms with Gasteiger partial charge in [-0.25, -0.2) is 18.1 Å². The zero-order chi connectivity index (χ0) is 21.0. The molecule has 2 N–H and O–H groups in total. The highest BCUT2D eigenvalue weighted by molar-refractivity contribution is 7.88. The highest BCUT2D eigenvalue weighted by atomic mass is 35.5. The molecule has 0 aliphatic heterocycles. The summed E-state index contributed by atoms with van der Waals surface area (Å²) >= 11 is 12.2. The first-order chi connectivity index (χ1) is 13.7. The van der Waals surface area contributed by atoms with Crippen LogP contribution in [-0.2, 0) is 16.6 Å². The van der Waals surface area contributed by atoms with Crippen molar-refractivity contribution in [3.63, 3.8) is 0 Å². The van der Waals surface area contributed by atoms with Crippen molar-refractivity contribution in [3.8, 4) is 5.75 Å². The number of sulfonamides is 1. The number of rotatable bonds is 8. The third-order valence-corrected chi connectivity index (χ3v) is 5.45. The van der Waals surface area contributed by atoms with Crippen LogP contribution in [0.25, 0.3) is 10.9 Å². The van der Waals surface area contributed by atoms with E-state index in [1.165, 1.54) is 0 Å². The molecule has 1 aromatic heterocycles. The maximum Gasteiger partial charge on any atom is 0.208 e. The monoisotopic (exact) mass is 453 g/mol. The van der Waals surface area contributed by atoms with E-state index in [1.54, 1.807) is 12.1 Å².